The van der Waals surface area contributed by atoms with Crippen LogP contribution in [0.2, 0.25) is 0 Å². The van der Waals surface area contributed by atoms with E-state index in [0.717, 1.165) is 67.1 Å². The highest BCUT2D eigenvalue weighted by molar-refractivity contribution is 5.90. The zero-order valence-corrected chi connectivity index (χ0v) is 24.3. The minimum Gasteiger partial charge on any atom is -0.357 e. The SMILES string of the molecule is CCNCc1cc(N(C)C2CCN([C@H]3C[C@@](CC#N)(n4cc(-c5ncnc6[nH]ccc56)cn4)C3)CC2)nc(C(F)(F)F)c1. The maximum Gasteiger partial charge on any atom is 0.433 e. The van der Waals surface area contributed by atoms with Crippen LogP contribution in [0.15, 0.2) is 43.1 Å². The second kappa shape index (κ2) is 11.6. The molecule has 4 aromatic heterocycles. The van der Waals surface area contributed by atoms with Gasteiger partial charge in [-0.3, -0.25) is 4.68 Å². The number of pyridine rings is 1. The third kappa shape index (κ3) is 5.69. The minimum absolute atomic E-state index is 0.0926. The Kier molecular flexibility index (Phi) is 7.83. The van der Waals surface area contributed by atoms with Crippen molar-refractivity contribution in [3.63, 3.8) is 0 Å². The number of hydrogen-bond donors (Lipinski definition) is 2. The van der Waals surface area contributed by atoms with E-state index in [4.69, 9.17) is 0 Å². The lowest BCUT2D eigenvalue weighted by Crippen LogP contribution is -2.58. The molecule has 0 radical (unpaired) electrons. The number of nitrogens with one attached hydrogen (secondary N) is 2. The Morgan fingerprint density at radius 2 is 2.00 bits per heavy atom. The summed E-state index contributed by atoms with van der Waals surface area (Å²) < 4.78 is 42.7. The van der Waals surface area contributed by atoms with Crippen LogP contribution in [0.4, 0.5) is 19.0 Å². The van der Waals surface area contributed by atoms with Crippen LogP contribution < -0.4 is 10.2 Å². The van der Waals surface area contributed by atoms with Crippen molar-refractivity contribution < 1.29 is 13.2 Å². The lowest BCUT2D eigenvalue weighted by molar-refractivity contribution is -0.141. The molecule has 13 heteroatoms. The minimum atomic E-state index is -4.50. The molecule has 226 valence electrons. The van der Waals surface area contributed by atoms with E-state index in [0.29, 0.717) is 36.9 Å². The molecular weight excluding hydrogens is 557 g/mol. The highest BCUT2D eigenvalue weighted by Crippen LogP contribution is 2.46. The Morgan fingerprint density at radius 1 is 1.21 bits per heavy atom. The lowest BCUT2D eigenvalue weighted by Gasteiger charge is -2.52. The zero-order chi connectivity index (χ0) is 30.2. The van der Waals surface area contributed by atoms with Crippen molar-refractivity contribution in [2.45, 2.75) is 69.4 Å². The first-order valence-electron chi connectivity index (χ1n) is 14.7. The number of aromatic amines is 1. The van der Waals surface area contributed by atoms with E-state index in [1.54, 1.807) is 12.3 Å². The second-order valence-corrected chi connectivity index (χ2v) is 11.6. The van der Waals surface area contributed by atoms with E-state index < -0.39 is 11.9 Å². The van der Waals surface area contributed by atoms with Gasteiger partial charge in [0.05, 0.1) is 29.9 Å². The number of rotatable bonds is 9. The fourth-order valence-electron chi connectivity index (χ4n) is 6.54. The van der Waals surface area contributed by atoms with Crippen LogP contribution in [0.1, 0.15) is 50.3 Å². The van der Waals surface area contributed by atoms with Crippen molar-refractivity contribution >= 4 is 16.9 Å². The van der Waals surface area contributed by atoms with Crippen LogP contribution in [-0.4, -0.2) is 73.4 Å². The average molecular weight is 593 g/mol. The number of nitrogens with zero attached hydrogens (tertiary/aromatic N) is 8. The number of anilines is 1. The molecule has 5 heterocycles. The third-order valence-corrected chi connectivity index (χ3v) is 9.00. The molecule has 6 rings (SSSR count). The molecule has 1 saturated heterocycles. The summed E-state index contributed by atoms with van der Waals surface area (Å²) in [6.07, 6.45) is 6.29. The van der Waals surface area contributed by atoms with E-state index in [1.165, 1.54) is 6.33 Å². The quantitative estimate of drug-likeness (QED) is 0.287. The van der Waals surface area contributed by atoms with Gasteiger partial charge >= 0.3 is 6.18 Å². The molecule has 0 atom stereocenters. The second-order valence-electron chi connectivity index (χ2n) is 11.6. The summed E-state index contributed by atoms with van der Waals surface area (Å²) in [6, 6.07) is 7.61. The Labute approximate surface area is 247 Å². The van der Waals surface area contributed by atoms with Gasteiger partial charge in [-0.15, -0.1) is 0 Å². The molecular formula is C30H35F3N10. The Bertz CT molecular complexity index is 1610. The number of likely N-dealkylation sites (tertiary alicyclic amines) is 1. The summed E-state index contributed by atoms with van der Waals surface area (Å²) in [7, 11) is 1.84. The van der Waals surface area contributed by atoms with E-state index in [-0.39, 0.29) is 11.6 Å². The number of alkyl halides is 3. The van der Waals surface area contributed by atoms with Crippen molar-refractivity contribution in [3.05, 3.63) is 54.4 Å². The zero-order valence-electron chi connectivity index (χ0n) is 24.3. The largest absolute Gasteiger partial charge is 0.433 e. The molecule has 0 aromatic carbocycles. The number of H-pyrrole nitrogens is 1. The number of fused-ring (bicyclic) bond motifs is 1. The smallest absolute Gasteiger partial charge is 0.357 e. The van der Waals surface area contributed by atoms with Gasteiger partial charge in [0.1, 0.15) is 23.5 Å². The Hall–Kier alpha value is -4.02. The molecule has 0 bridgehead atoms. The standard InChI is InChI=1S/C30H35F3N10/c1-3-35-16-20-12-25(30(31,32)33)40-26(13-20)41(2)22-5-10-42(11-6-22)23-14-29(15-23,7-8-34)43-18-21(17-39-43)27-24-4-9-36-28(24)38-19-37-27/h4,9,12-13,17-19,22-23,35H,3,5-7,10-11,14-16H2,1-2H3,(H,36,37,38)/t23-,29+. The summed E-state index contributed by atoms with van der Waals surface area (Å²) in [6.45, 7) is 4.63. The highest BCUT2D eigenvalue weighted by Gasteiger charge is 2.49. The number of nitriles is 1. The lowest BCUT2D eigenvalue weighted by atomic mass is 9.69. The molecule has 0 unspecified atom stereocenters. The van der Waals surface area contributed by atoms with Crippen LogP contribution in [0.5, 0.6) is 0 Å². The molecule has 2 aliphatic rings. The monoisotopic (exact) mass is 592 g/mol. The number of piperidine rings is 1. The maximum atomic E-state index is 13.6. The number of halogens is 3. The molecule has 0 amide bonds. The third-order valence-electron chi connectivity index (χ3n) is 9.00. The molecule has 2 fully saturated rings. The predicted molar refractivity (Wildman–Crippen MR) is 156 cm³/mol. The van der Waals surface area contributed by atoms with Crippen molar-refractivity contribution in [3.8, 4) is 17.3 Å². The van der Waals surface area contributed by atoms with Gasteiger partial charge in [0.2, 0.25) is 0 Å². The first-order chi connectivity index (χ1) is 20.7. The topological polar surface area (TPSA) is 115 Å². The molecule has 1 aliphatic heterocycles. The number of hydrogen-bond acceptors (Lipinski definition) is 8. The van der Waals surface area contributed by atoms with Crippen LogP contribution in [0, 0.1) is 11.3 Å². The molecule has 2 N–H and O–H groups in total. The van der Waals surface area contributed by atoms with E-state index in [9.17, 15) is 18.4 Å². The summed E-state index contributed by atoms with van der Waals surface area (Å²) in [5.41, 5.74) is 1.79. The van der Waals surface area contributed by atoms with Crippen molar-refractivity contribution in [2.24, 2.45) is 0 Å². The fraction of sp³-hybridized carbons (Fsp3) is 0.500. The van der Waals surface area contributed by atoms with Gasteiger partial charge in [0.15, 0.2) is 0 Å². The molecule has 4 aromatic rings. The van der Waals surface area contributed by atoms with E-state index >= 15 is 0 Å². The predicted octanol–water partition coefficient (Wildman–Crippen LogP) is 4.72. The van der Waals surface area contributed by atoms with Crippen molar-refractivity contribution in [1.29, 1.82) is 5.26 Å². The molecule has 1 aliphatic carbocycles. The Morgan fingerprint density at radius 3 is 2.72 bits per heavy atom. The average Bonchev–Trinajstić information content (AvgIpc) is 3.67. The number of aromatic nitrogens is 6. The van der Waals surface area contributed by atoms with Crippen molar-refractivity contribution in [2.75, 3.05) is 31.6 Å². The van der Waals surface area contributed by atoms with Crippen LogP contribution >= 0.6 is 0 Å². The normalized spacial score (nSPS) is 21.5. The van der Waals surface area contributed by atoms with Gasteiger partial charge in [-0.2, -0.15) is 23.5 Å². The molecule has 1 saturated carbocycles. The first-order valence-corrected chi connectivity index (χ1v) is 14.7. The molecule has 10 nitrogen and oxygen atoms in total. The van der Waals surface area contributed by atoms with E-state index in [1.807, 2.05) is 42.0 Å². The van der Waals surface area contributed by atoms with Gasteiger partial charge in [0.25, 0.3) is 0 Å². The van der Waals surface area contributed by atoms with Gasteiger partial charge in [-0.1, -0.05) is 6.92 Å². The van der Waals surface area contributed by atoms with E-state index in [2.05, 4.69) is 41.3 Å². The highest BCUT2D eigenvalue weighted by atomic mass is 19.4. The fourth-order valence-corrected chi connectivity index (χ4v) is 6.54. The van der Waals surface area contributed by atoms with Crippen LogP contribution in [-0.2, 0) is 18.3 Å². The van der Waals surface area contributed by atoms with Crippen molar-refractivity contribution in [1.82, 2.24) is 39.9 Å². The Balaban J connectivity index is 1.11. The van der Waals surface area contributed by atoms with Gasteiger partial charge in [0, 0.05) is 62.1 Å². The molecule has 43 heavy (non-hydrogen) atoms. The molecule has 0 spiro atoms. The first kappa shape index (κ1) is 29.1. The summed E-state index contributed by atoms with van der Waals surface area (Å²) in [4.78, 5) is 20.2. The summed E-state index contributed by atoms with van der Waals surface area (Å²) >= 11 is 0. The summed E-state index contributed by atoms with van der Waals surface area (Å²) in [5.74, 6) is 0.355. The van der Waals surface area contributed by atoms with Crippen LogP contribution in [0.3, 0.4) is 0 Å². The summed E-state index contributed by atoms with van der Waals surface area (Å²) in [5, 5.41) is 18.4. The van der Waals surface area contributed by atoms with Crippen LogP contribution in [0.25, 0.3) is 22.3 Å². The van der Waals surface area contributed by atoms with Gasteiger partial charge in [-0.05, 0) is 56.0 Å². The van der Waals surface area contributed by atoms with Gasteiger partial charge < -0.3 is 20.1 Å². The maximum absolute atomic E-state index is 13.6. The van der Waals surface area contributed by atoms with Gasteiger partial charge in [-0.25, -0.2) is 15.0 Å².